The average Bonchev–Trinajstić information content (AvgIpc) is 2.74. The number of amides is 1. The standard InChI is InChI=1S/C22H28N2O5/c1-2-27-19-7-9-21(10-8-19)29-16-15-28-20-5-3-18(4-6-20)17-23-11-13-24(14-12-23)22(25)26/h3-10H,2,11-17H2,1H3,(H,25,26). The molecule has 2 aromatic carbocycles. The van der Waals surface area contributed by atoms with E-state index in [9.17, 15) is 4.79 Å². The molecule has 156 valence electrons. The molecule has 3 rings (SSSR count). The lowest BCUT2D eigenvalue weighted by molar-refractivity contribution is 0.103. The maximum absolute atomic E-state index is 11.0. The van der Waals surface area contributed by atoms with Crippen LogP contribution in [-0.4, -0.2) is 67.0 Å². The first-order valence-electron chi connectivity index (χ1n) is 9.91. The van der Waals surface area contributed by atoms with Crippen molar-refractivity contribution in [3.63, 3.8) is 0 Å². The van der Waals surface area contributed by atoms with Crippen LogP contribution in [0, 0.1) is 0 Å². The van der Waals surface area contributed by atoms with Crippen molar-refractivity contribution in [2.75, 3.05) is 46.0 Å². The van der Waals surface area contributed by atoms with Crippen LogP contribution in [0.15, 0.2) is 48.5 Å². The molecule has 0 atom stereocenters. The molecule has 1 fully saturated rings. The molecule has 0 unspecified atom stereocenters. The first kappa shape index (κ1) is 20.8. The lowest BCUT2D eigenvalue weighted by atomic mass is 10.2. The maximum Gasteiger partial charge on any atom is 0.407 e. The van der Waals surface area contributed by atoms with Gasteiger partial charge in [0, 0.05) is 32.7 Å². The number of hydrogen-bond acceptors (Lipinski definition) is 5. The molecule has 1 N–H and O–H groups in total. The van der Waals surface area contributed by atoms with Gasteiger partial charge in [0.2, 0.25) is 0 Å². The zero-order valence-corrected chi connectivity index (χ0v) is 16.8. The summed E-state index contributed by atoms with van der Waals surface area (Å²) < 4.78 is 16.8. The molecular weight excluding hydrogens is 372 g/mol. The van der Waals surface area contributed by atoms with Crippen LogP contribution in [0.25, 0.3) is 0 Å². The van der Waals surface area contributed by atoms with Gasteiger partial charge in [-0.15, -0.1) is 0 Å². The minimum atomic E-state index is -0.836. The van der Waals surface area contributed by atoms with Gasteiger partial charge in [-0.25, -0.2) is 4.79 Å². The van der Waals surface area contributed by atoms with Gasteiger partial charge in [0.1, 0.15) is 30.5 Å². The van der Waals surface area contributed by atoms with Crippen LogP contribution in [0.5, 0.6) is 17.2 Å². The third-order valence-corrected chi connectivity index (χ3v) is 4.73. The Bertz CT molecular complexity index is 756. The number of carbonyl (C=O) groups is 1. The Hall–Kier alpha value is -2.93. The average molecular weight is 400 g/mol. The summed E-state index contributed by atoms with van der Waals surface area (Å²) in [5.41, 5.74) is 1.19. The van der Waals surface area contributed by atoms with E-state index in [0.717, 1.165) is 36.9 Å². The topological polar surface area (TPSA) is 71.5 Å². The van der Waals surface area contributed by atoms with Crippen LogP contribution in [0.3, 0.4) is 0 Å². The van der Waals surface area contributed by atoms with Gasteiger partial charge >= 0.3 is 6.09 Å². The van der Waals surface area contributed by atoms with Crippen molar-refractivity contribution in [3.05, 3.63) is 54.1 Å². The molecule has 7 nitrogen and oxygen atoms in total. The third-order valence-electron chi connectivity index (χ3n) is 4.73. The fourth-order valence-corrected chi connectivity index (χ4v) is 3.16. The third kappa shape index (κ3) is 6.57. The van der Waals surface area contributed by atoms with Crippen LogP contribution in [0.2, 0.25) is 0 Å². The highest BCUT2D eigenvalue weighted by molar-refractivity contribution is 5.65. The van der Waals surface area contributed by atoms with Crippen molar-refractivity contribution >= 4 is 6.09 Å². The molecule has 29 heavy (non-hydrogen) atoms. The first-order valence-corrected chi connectivity index (χ1v) is 9.91. The van der Waals surface area contributed by atoms with Gasteiger partial charge in [0.25, 0.3) is 0 Å². The van der Waals surface area contributed by atoms with E-state index in [-0.39, 0.29) is 0 Å². The highest BCUT2D eigenvalue weighted by Gasteiger charge is 2.20. The number of hydrogen-bond donors (Lipinski definition) is 1. The highest BCUT2D eigenvalue weighted by Crippen LogP contribution is 2.18. The SMILES string of the molecule is CCOc1ccc(OCCOc2ccc(CN3CCN(C(=O)O)CC3)cc2)cc1. The molecule has 0 aliphatic carbocycles. The summed E-state index contributed by atoms with van der Waals surface area (Å²) in [5, 5.41) is 9.01. The van der Waals surface area contributed by atoms with Gasteiger partial charge in [-0.2, -0.15) is 0 Å². The zero-order chi connectivity index (χ0) is 20.5. The van der Waals surface area contributed by atoms with Crippen molar-refractivity contribution in [2.45, 2.75) is 13.5 Å². The Kier molecular flexibility index (Phi) is 7.58. The molecule has 0 saturated carbocycles. The van der Waals surface area contributed by atoms with Crippen LogP contribution >= 0.6 is 0 Å². The summed E-state index contributed by atoms with van der Waals surface area (Å²) in [6, 6.07) is 15.6. The van der Waals surface area contributed by atoms with Crippen LogP contribution in [0.1, 0.15) is 12.5 Å². The minimum absolute atomic E-state index is 0.462. The van der Waals surface area contributed by atoms with Crippen molar-refractivity contribution in [3.8, 4) is 17.2 Å². The number of nitrogens with zero attached hydrogens (tertiary/aromatic N) is 2. The van der Waals surface area contributed by atoms with Crippen LogP contribution in [-0.2, 0) is 6.54 Å². The quantitative estimate of drug-likeness (QED) is 0.651. The molecule has 7 heteroatoms. The number of carboxylic acid groups (broad SMARTS) is 1. The molecule has 2 aromatic rings. The number of benzene rings is 2. The Morgan fingerprint density at radius 1 is 0.828 bits per heavy atom. The summed E-state index contributed by atoms with van der Waals surface area (Å²) in [6.45, 7) is 6.98. The number of rotatable bonds is 9. The van der Waals surface area contributed by atoms with Crippen LogP contribution < -0.4 is 14.2 Å². The smallest absolute Gasteiger partial charge is 0.407 e. The summed E-state index contributed by atoms with van der Waals surface area (Å²) in [5.74, 6) is 2.43. The largest absolute Gasteiger partial charge is 0.494 e. The fourth-order valence-electron chi connectivity index (χ4n) is 3.16. The molecule has 1 amide bonds. The second kappa shape index (κ2) is 10.6. The van der Waals surface area contributed by atoms with Crippen molar-refractivity contribution in [1.82, 2.24) is 9.80 Å². The van der Waals surface area contributed by atoms with Crippen molar-refractivity contribution in [2.24, 2.45) is 0 Å². The molecule has 1 aliphatic heterocycles. The van der Waals surface area contributed by atoms with E-state index in [4.69, 9.17) is 19.3 Å². The Labute approximate surface area is 171 Å². The number of piperazine rings is 1. The Balaban J connectivity index is 1.35. The van der Waals surface area contributed by atoms with Crippen molar-refractivity contribution in [1.29, 1.82) is 0 Å². The zero-order valence-electron chi connectivity index (χ0n) is 16.8. The molecule has 0 bridgehead atoms. The van der Waals surface area contributed by atoms with Crippen molar-refractivity contribution < 1.29 is 24.1 Å². The molecule has 0 radical (unpaired) electrons. The molecule has 0 aromatic heterocycles. The summed E-state index contributed by atoms with van der Waals surface area (Å²) in [4.78, 5) is 14.7. The number of ether oxygens (including phenoxy) is 3. The van der Waals surface area contributed by atoms with Gasteiger partial charge in [0.05, 0.1) is 6.61 Å². The summed E-state index contributed by atoms with van der Waals surface area (Å²) in [6.07, 6.45) is -0.836. The predicted octanol–water partition coefficient (Wildman–Crippen LogP) is 3.34. The van der Waals surface area contributed by atoms with E-state index in [1.807, 2.05) is 55.5 Å². The molecule has 1 saturated heterocycles. The van der Waals surface area contributed by atoms with E-state index in [1.54, 1.807) is 0 Å². The monoisotopic (exact) mass is 400 g/mol. The molecule has 0 spiro atoms. The van der Waals surface area contributed by atoms with E-state index in [0.29, 0.717) is 32.9 Å². The highest BCUT2D eigenvalue weighted by atomic mass is 16.5. The van der Waals surface area contributed by atoms with Gasteiger partial charge in [-0.3, -0.25) is 4.90 Å². The normalized spacial score (nSPS) is 14.4. The summed E-state index contributed by atoms with van der Waals surface area (Å²) in [7, 11) is 0. The lowest BCUT2D eigenvalue weighted by Gasteiger charge is -2.33. The predicted molar refractivity (Wildman–Crippen MR) is 110 cm³/mol. The summed E-state index contributed by atoms with van der Waals surface area (Å²) >= 11 is 0. The van der Waals surface area contributed by atoms with E-state index >= 15 is 0 Å². The Morgan fingerprint density at radius 3 is 1.79 bits per heavy atom. The fraction of sp³-hybridized carbons (Fsp3) is 0.409. The molecule has 1 heterocycles. The van der Waals surface area contributed by atoms with Gasteiger partial charge in [-0.1, -0.05) is 12.1 Å². The second-order valence-corrected chi connectivity index (χ2v) is 6.79. The Morgan fingerprint density at radius 2 is 1.31 bits per heavy atom. The van der Waals surface area contributed by atoms with E-state index < -0.39 is 6.09 Å². The maximum atomic E-state index is 11.0. The van der Waals surface area contributed by atoms with Gasteiger partial charge in [-0.05, 0) is 48.9 Å². The van der Waals surface area contributed by atoms with Gasteiger partial charge in [0.15, 0.2) is 0 Å². The van der Waals surface area contributed by atoms with Crippen LogP contribution in [0.4, 0.5) is 4.79 Å². The molecule has 1 aliphatic rings. The molecular formula is C22H28N2O5. The second-order valence-electron chi connectivity index (χ2n) is 6.79. The van der Waals surface area contributed by atoms with E-state index in [1.165, 1.54) is 10.5 Å². The lowest BCUT2D eigenvalue weighted by Crippen LogP contribution is -2.47. The first-order chi connectivity index (χ1) is 14.1. The van der Waals surface area contributed by atoms with Gasteiger partial charge < -0.3 is 24.2 Å². The minimum Gasteiger partial charge on any atom is -0.494 e. The van der Waals surface area contributed by atoms with E-state index in [2.05, 4.69) is 4.90 Å².